The maximum absolute atomic E-state index is 11.3. The summed E-state index contributed by atoms with van der Waals surface area (Å²) in [6, 6.07) is 1.04. The molecule has 3 nitrogen and oxygen atoms in total. The molecule has 12 heavy (non-hydrogen) atoms. The van der Waals surface area contributed by atoms with Gasteiger partial charge in [-0.1, -0.05) is 11.6 Å². The summed E-state index contributed by atoms with van der Waals surface area (Å²) < 4.78 is 0. The number of aromatic nitrogens is 1. The molecule has 0 fully saturated rings. The van der Waals surface area contributed by atoms with E-state index in [0.717, 1.165) is 0 Å². The maximum Gasteiger partial charge on any atom is 0.180 e. The molecule has 1 heterocycles. The Hall–Kier alpha value is -0.930. The summed E-state index contributed by atoms with van der Waals surface area (Å²) in [5, 5.41) is 0.347. The first-order valence-electron chi connectivity index (χ1n) is 3.52. The van der Waals surface area contributed by atoms with E-state index >= 15 is 0 Å². The SMILES string of the molecule is CC(N)C(=O)c1ccncc1Cl. The van der Waals surface area contributed by atoms with Crippen LogP contribution in [-0.4, -0.2) is 16.8 Å². The summed E-state index contributed by atoms with van der Waals surface area (Å²) in [7, 11) is 0. The quantitative estimate of drug-likeness (QED) is 0.705. The molecule has 64 valence electrons. The highest BCUT2D eigenvalue weighted by molar-refractivity contribution is 6.34. The number of hydrogen-bond acceptors (Lipinski definition) is 3. The molecular weight excluding hydrogens is 176 g/mol. The molecule has 0 radical (unpaired) electrons. The highest BCUT2D eigenvalue weighted by Gasteiger charge is 2.13. The van der Waals surface area contributed by atoms with Crippen LogP contribution < -0.4 is 5.73 Å². The third-order valence-corrected chi connectivity index (χ3v) is 1.75. The summed E-state index contributed by atoms with van der Waals surface area (Å²) in [6.45, 7) is 1.62. The fourth-order valence-electron chi connectivity index (χ4n) is 0.820. The Bertz CT molecular complexity index is 299. The molecule has 0 aliphatic carbocycles. The van der Waals surface area contributed by atoms with Crippen LogP contribution >= 0.6 is 11.6 Å². The number of nitrogens with zero attached hydrogens (tertiary/aromatic N) is 1. The van der Waals surface area contributed by atoms with E-state index in [4.69, 9.17) is 17.3 Å². The molecule has 0 spiro atoms. The van der Waals surface area contributed by atoms with E-state index in [0.29, 0.717) is 10.6 Å². The fraction of sp³-hybridized carbons (Fsp3) is 0.250. The van der Waals surface area contributed by atoms with Gasteiger partial charge in [-0.25, -0.2) is 0 Å². The second-order valence-electron chi connectivity index (χ2n) is 2.51. The molecule has 0 aliphatic heterocycles. The van der Waals surface area contributed by atoms with Crippen molar-refractivity contribution in [3.05, 3.63) is 29.0 Å². The summed E-state index contributed by atoms with van der Waals surface area (Å²) in [6.07, 6.45) is 2.94. The zero-order chi connectivity index (χ0) is 9.14. The minimum atomic E-state index is -0.523. The Morgan fingerprint density at radius 2 is 2.42 bits per heavy atom. The third kappa shape index (κ3) is 1.81. The van der Waals surface area contributed by atoms with Crippen molar-refractivity contribution in [1.82, 2.24) is 4.98 Å². The molecule has 0 saturated heterocycles. The lowest BCUT2D eigenvalue weighted by molar-refractivity contribution is 0.0968. The van der Waals surface area contributed by atoms with Crippen molar-refractivity contribution >= 4 is 17.4 Å². The zero-order valence-electron chi connectivity index (χ0n) is 6.62. The lowest BCUT2D eigenvalue weighted by atomic mass is 10.1. The summed E-state index contributed by atoms with van der Waals surface area (Å²) in [4.78, 5) is 15.1. The molecule has 4 heteroatoms. The van der Waals surface area contributed by atoms with E-state index in [1.165, 1.54) is 12.4 Å². The van der Waals surface area contributed by atoms with Crippen molar-refractivity contribution in [2.24, 2.45) is 5.73 Å². The van der Waals surface area contributed by atoms with Gasteiger partial charge in [0.25, 0.3) is 0 Å². The number of carbonyl (C=O) groups excluding carboxylic acids is 1. The summed E-state index contributed by atoms with van der Waals surface area (Å²) >= 11 is 5.72. The molecule has 0 saturated carbocycles. The summed E-state index contributed by atoms with van der Waals surface area (Å²) in [5.41, 5.74) is 5.84. The van der Waals surface area contributed by atoms with E-state index in [1.807, 2.05) is 0 Å². The van der Waals surface area contributed by atoms with Gasteiger partial charge < -0.3 is 5.73 Å². The number of hydrogen-bond donors (Lipinski definition) is 1. The molecule has 2 N–H and O–H groups in total. The molecule has 1 aromatic rings. The highest BCUT2D eigenvalue weighted by atomic mass is 35.5. The largest absolute Gasteiger partial charge is 0.321 e. The molecular formula is C8H9ClN2O. The summed E-state index contributed by atoms with van der Waals surface area (Å²) in [5.74, 6) is -0.164. The normalized spacial score (nSPS) is 12.6. The van der Waals surface area contributed by atoms with E-state index < -0.39 is 6.04 Å². The van der Waals surface area contributed by atoms with Gasteiger partial charge in [0.1, 0.15) is 0 Å². The monoisotopic (exact) mass is 184 g/mol. The molecule has 1 atom stereocenters. The number of nitrogens with two attached hydrogens (primary N) is 1. The van der Waals surface area contributed by atoms with Crippen LogP contribution in [0.4, 0.5) is 0 Å². The first-order valence-corrected chi connectivity index (χ1v) is 3.90. The first-order chi connectivity index (χ1) is 5.63. The lowest BCUT2D eigenvalue weighted by Gasteiger charge is -2.04. The molecule has 0 amide bonds. The number of rotatable bonds is 2. The number of halogens is 1. The third-order valence-electron chi connectivity index (χ3n) is 1.45. The van der Waals surface area contributed by atoms with Crippen molar-refractivity contribution in [2.75, 3.05) is 0 Å². The van der Waals surface area contributed by atoms with Crippen molar-refractivity contribution in [1.29, 1.82) is 0 Å². The van der Waals surface area contributed by atoms with Crippen molar-refractivity contribution in [3.8, 4) is 0 Å². The van der Waals surface area contributed by atoms with Crippen LogP contribution in [0.1, 0.15) is 17.3 Å². The first kappa shape index (κ1) is 9.16. The van der Waals surface area contributed by atoms with Crippen molar-refractivity contribution in [2.45, 2.75) is 13.0 Å². The van der Waals surface area contributed by atoms with Gasteiger partial charge in [0.15, 0.2) is 5.78 Å². The molecule has 0 bridgehead atoms. The van der Waals surface area contributed by atoms with Crippen LogP contribution in [-0.2, 0) is 0 Å². The fourth-order valence-corrected chi connectivity index (χ4v) is 1.03. The van der Waals surface area contributed by atoms with Gasteiger partial charge in [-0.3, -0.25) is 9.78 Å². The van der Waals surface area contributed by atoms with Crippen LogP contribution in [0.25, 0.3) is 0 Å². The number of Topliss-reactive ketones (excluding diaryl/α,β-unsaturated/α-hetero) is 1. The van der Waals surface area contributed by atoms with Crippen molar-refractivity contribution < 1.29 is 4.79 Å². The minimum Gasteiger partial charge on any atom is -0.321 e. The van der Waals surface area contributed by atoms with Gasteiger partial charge in [0, 0.05) is 18.0 Å². The van der Waals surface area contributed by atoms with Gasteiger partial charge in [0.05, 0.1) is 11.1 Å². The molecule has 1 aromatic heterocycles. The van der Waals surface area contributed by atoms with Gasteiger partial charge in [-0.2, -0.15) is 0 Å². The second kappa shape index (κ2) is 3.65. The number of carbonyl (C=O) groups is 1. The molecule has 0 aliphatic rings. The van der Waals surface area contributed by atoms with Crippen LogP contribution in [0, 0.1) is 0 Å². The van der Waals surface area contributed by atoms with Crippen molar-refractivity contribution in [3.63, 3.8) is 0 Å². The van der Waals surface area contributed by atoms with Gasteiger partial charge in [-0.05, 0) is 13.0 Å². The van der Waals surface area contributed by atoms with E-state index in [9.17, 15) is 4.79 Å². The van der Waals surface area contributed by atoms with Crippen LogP contribution in [0.2, 0.25) is 5.02 Å². The van der Waals surface area contributed by atoms with Crippen LogP contribution in [0.15, 0.2) is 18.5 Å². The Morgan fingerprint density at radius 1 is 1.75 bits per heavy atom. The Labute approximate surface area is 75.6 Å². The predicted octanol–water partition coefficient (Wildman–Crippen LogP) is 1.26. The van der Waals surface area contributed by atoms with Gasteiger partial charge in [-0.15, -0.1) is 0 Å². The minimum absolute atomic E-state index is 0.164. The Kier molecular flexibility index (Phi) is 2.78. The maximum atomic E-state index is 11.3. The smallest absolute Gasteiger partial charge is 0.180 e. The second-order valence-corrected chi connectivity index (χ2v) is 2.92. The Balaban J connectivity index is 3.03. The lowest BCUT2D eigenvalue weighted by Crippen LogP contribution is -2.26. The van der Waals surface area contributed by atoms with E-state index in [-0.39, 0.29) is 5.78 Å². The van der Waals surface area contributed by atoms with Crippen LogP contribution in [0.5, 0.6) is 0 Å². The average molecular weight is 185 g/mol. The standard InChI is InChI=1S/C8H9ClN2O/c1-5(10)8(12)6-2-3-11-4-7(6)9/h2-5H,10H2,1H3. The van der Waals surface area contributed by atoms with E-state index in [2.05, 4.69) is 4.98 Å². The molecule has 0 aromatic carbocycles. The van der Waals surface area contributed by atoms with Crippen LogP contribution in [0.3, 0.4) is 0 Å². The average Bonchev–Trinajstić information content (AvgIpc) is 2.04. The highest BCUT2D eigenvalue weighted by Crippen LogP contribution is 2.14. The van der Waals surface area contributed by atoms with Gasteiger partial charge in [0.2, 0.25) is 0 Å². The number of ketones is 1. The topological polar surface area (TPSA) is 56.0 Å². The molecule has 1 unspecified atom stereocenters. The predicted molar refractivity (Wildman–Crippen MR) is 47.2 cm³/mol. The van der Waals surface area contributed by atoms with E-state index in [1.54, 1.807) is 13.0 Å². The zero-order valence-corrected chi connectivity index (χ0v) is 7.38. The number of pyridine rings is 1. The van der Waals surface area contributed by atoms with Gasteiger partial charge >= 0.3 is 0 Å². The molecule has 1 rings (SSSR count). The Morgan fingerprint density at radius 3 is 2.92 bits per heavy atom.